The second-order valence-corrected chi connectivity index (χ2v) is 28.5. The van der Waals surface area contributed by atoms with Crippen LogP contribution in [0.25, 0.3) is 154 Å². The van der Waals surface area contributed by atoms with Gasteiger partial charge in [0.05, 0.1) is 39.1 Å². The molecule has 0 amide bonds. The molecule has 18 aromatic carbocycles. The molecule has 0 aliphatic carbocycles. The van der Waals surface area contributed by atoms with E-state index in [1.54, 1.807) is 0 Å². The van der Waals surface area contributed by atoms with Crippen LogP contribution < -0.4 is 26.2 Å². The lowest BCUT2D eigenvalue weighted by atomic mass is 9.33. The van der Waals surface area contributed by atoms with Crippen molar-refractivity contribution < 1.29 is 0 Å². The maximum atomic E-state index is 2.71. The van der Waals surface area contributed by atoms with Crippen LogP contribution in [0.4, 0.5) is 34.1 Å². The summed E-state index contributed by atoms with van der Waals surface area (Å²) in [7, 11) is 0. The third-order valence-electron chi connectivity index (χ3n) is 22.8. The molecule has 20 aromatic rings. The van der Waals surface area contributed by atoms with E-state index < -0.39 is 0 Å². The highest BCUT2D eigenvalue weighted by atomic mass is 15.2. The van der Waals surface area contributed by atoms with Crippen molar-refractivity contribution in [2.45, 2.75) is 0 Å². The van der Waals surface area contributed by atoms with Crippen LogP contribution >= 0.6 is 0 Å². The molecule has 496 valence electrons. The van der Waals surface area contributed by atoms with Crippen molar-refractivity contribution in [3.05, 3.63) is 394 Å². The molecule has 2 aliphatic rings. The zero-order valence-corrected chi connectivity index (χ0v) is 58.4. The minimum atomic E-state index is -0.289. The third-order valence-corrected chi connectivity index (χ3v) is 22.8. The summed E-state index contributed by atoms with van der Waals surface area (Å²) in [6.07, 6.45) is 0. The molecule has 107 heavy (non-hydrogen) atoms. The zero-order valence-electron chi connectivity index (χ0n) is 58.4. The predicted molar refractivity (Wildman–Crippen MR) is 454 cm³/mol. The standard InChI is InChI=1S/C102H65BN4/c1-5-30-67(31-6-1)76-47-27-48-77(68-32-7-2-8-33-68)101(76)106-94-62-73(99-86-45-17-15-43-84(86)98(85-44-16-18-46-87(85)99)72-56-55-66-29-13-14-38-71(66)61-72)57-59-88(94)103-89-60-58-74(104-90-51-23-19-39-80(90)81-40-20-24-52-91(81)104)63-95(89)107(102-78(69-34-9-3-10-35-69)49-28-50-79(102)70-36-11-4-12-37-70)97-65-75(64-96(106)100(97)103)105-92-53-25-21-41-82(92)83-42-22-26-54-93(83)105/h1-65H. The Balaban J connectivity index is 0.921. The van der Waals surface area contributed by atoms with Crippen LogP contribution in [0, 0.1) is 0 Å². The van der Waals surface area contributed by atoms with Gasteiger partial charge in [-0.25, -0.2) is 0 Å². The lowest BCUT2D eigenvalue weighted by Crippen LogP contribution is -2.61. The van der Waals surface area contributed by atoms with Gasteiger partial charge < -0.3 is 18.9 Å². The maximum Gasteiger partial charge on any atom is 0.252 e. The molecule has 0 unspecified atom stereocenters. The summed E-state index contributed by atoms with van der Waals surface area (Å²) in [4.78, 5) is 5.40. The van der Waals surface area contributed by atoms with Crippen molar-refractivity contribution in [1.29, 1.82) is 0 Å². The van der Waals surface area contributed by atoms with E-state index in [0.717, 1.165) is 118 Å². The molecule has 0 saturated heterocycles. The Hall–Kier alpha value is -14.0. The van der Waals surface area contributed by atoms with E-state index >= 15 is 0 Å². The predicted octanol–water partition coefficient (Wildman–Crippen LogP) is 25.4. The second kappa shape index (κ2) is 24.3. The Morgan fingerprint density at radius 1 is 0.196 bits per heavy atom. The highest BCUT2D eigenvalue weighted by molar-refractivity contribution is 7.00. The van der Waals surface area contributed by atoms with Gasteiger partial charge in [0, 0.05) is 72.2 Å². The van der Waals surface area contributed by atoms with Gasteiger partial charge in [0.1, 0.15) is 0 Å². The molecular weight excluding hydrogens is 1290 g/mol. The summed E-state index contributed by atoms with van der Waals surface area (Å²) in [5.74, 6) is 0. The Morgan fingerprint density at radius 2 is 0.514 bits per heavy atom. The molecule has 0 radical (unpaired) electrons. The molecule has 0 atom stereocenters. The van der Waals surface area contributed by atoms with Crippen LogP contribution in [0.5, 0.6) is 0 Å². The van der Waals surface area contributed by atoms with Gasteiger partial charge in [-0.2, -0.15) is 0 Å². The smallest absolute Gasteiger partial charge is 0.252 e. The lowest BCUT2D eigenvalue weighted by molar-refractivity contribution is 1.15. The minimum absolute atomic E-state index is 0.289. The molecule has 0 saturated carbocycles. The maximum absolute atomic E-state index is 2.71. The van der Waals surface area contributed by atoms with Crippen molar-refractivity contribution >= 4 is 133 Å². The fourth-order valence-corrected chi connectivity index (χ4v) is 18.3. The number of para-hydroxylation sites is 6. The second-order valence-electron chi connectivity index (χ2n) is 28.5. The molecule has 22 rings (SSSR count). The summed E-state index contributed by atoms with van der Waals surface area (Å²) in [6, 6.07) is 148. The monoisotopic (exact) mass is 1360 g/mol. The highest BCUT2D eigenvalue weighted by Crippen LogP contribution is 2.55. The number of rotatable bonds is 10. The summed E-state index contributed by atoms with van der Waals surface area (Å²) in [5, 5.41) is 12.1. The van der Waals surface area contributed by atoms with Gasteiger partial charge in [0.2, 0.25) is 0 Å². The molecule has 4 nitrogen and oxygen atoms in total. The zero-order chi connectivity index (χ0) is 70.2. The molecule has 2 aromatic heterocycles. The van der Waals surface area contributed by atoms with Crippen LogP contribution in [0.2, 0.25) is 0 Å². The van der Waals surface area contributed by atoms with Crippen LogP contribution in [0.1, 0.15) is 0 Å². The first-order valence-corrected chi connectivity index (χ1v) is 37.1. The molecule has 0 bridgehead atoms. The van der Waals surface area contributed by atoms with E-state index in [2.05, 4.69) is 413 Å². The van der Waals surface area contributed by atoms with Crippen LogP contribution in [-0.2, 0) is 0 Å². The van der Waals surface area contributed by atoms with Gasteiger partial charge in [-0.1, -0.05) is 334 Å². The topological polar surface area (TPSA) is 16.3 Å². The van der Waals surface area contributed by atoms with Crippen molar-refractivity contribution in [2.24, 2.45) is 0 Å². The summed E-state index contributed by atoms with van der Waals surface area (Å²) < 4.78 is 5.04. The number of anilines is 6. The fraction of sp³-hybridized carbons (Fsp3) is 0. The van der Waals surface area contributed by atoms with E-state index in [-0.39, 0.29) is 6.71 Å². The van der Waals surface area contributed by atoms with Crippen LogP contribution in [-0.4, -0.2) is 15.8 Å². The fourth-order valence-electron chi connectivity index (χ4n) is 18.3. The molecule has 2 aliphatic heterocycles. The van der Waals surface area contributed by atoms with Gasteiger partial charge in [-0.05, 0) is 154 Å². The molecule has 0 spiro atoms. The van der Waals surface area contributed by atoms with Crippen LogP contribution in [0.3, 0.4) is 0 Å². The van der Waals surface area contributed by atoms with Crippen molar-refractivity contribution in [2.75, 3.05) is 9.80 Å². The van der Waals surface area contributed by atoms with Crippen molar-refractivity contribution in [1.82, 2.24) is 9.13 Å². The van der Waals surface area contributed by atoms with E-state index in [1.807, 2.05) is 0 Å². The number of hydrogen-bond acceptors (Lipinski definition) is 2. The average molecular weight is 1360 g/mol. The Bertz CT molecular complexity index is 6740. The van der Waals surface area contributed by atoms with Gasteiger partial charge in [-0.3, -0.25) is 0 Å². The number of aromatic nitrogens is 2. The largest absolute Gasteiger partial charge is 0.310 e. The third kappa shape index (κ3) is 9.37. The highest BCUT2D eigenvalue weighted by Gasteiger charge is 2.46. The first-order valence-electron chi connectivity index (χ1n) is 37.1. The average Bonchev–Trinajstić information content (AvgIpc) is 1.26. The number of nitrogens with zero attached hydrogens (tertiary/aromatic N) is 4. The minimum Gasteiger partial charge on any atom is -0.310 e. The normalized spacial score (nSPS) is 12.4. The number of hydrogen-bond donors (Lipinski definition) is 0. The van der Waals surface area contributed by atoms with Gasteiger partial charge in [0.15, 0.2) is 0 Å². The molecule has 0 fully saturated rings. The Morgan fingerprint density at radius 3 is 0.935 bits per heavy atom. The van der Waals surface area contributed by atoms with Crippen LogP contribution in [0.15, 0.2) is 394 Å². The Kier molecular flexibility index (Phi) is 13.8. The van der Waals surface area contributed by atoms with Gasteiger partial charge >= 0.3 is 0 Å². The SMILES string of the molecule is c1ccc(-c2cccc(-c3ccccc3)c2N2c3cc(-c4c5ccccc5c(-c5ccc6ccccc6c5)c5ccccc45)ccc3B3c4ccc(-n5c6ccccc6c6ccccc65)cc4N(c4c(-c5ccccc5)cccc4-c4ccccc4)c4cc(-n5c6ccccc6c6ccccc65)cc2c43)cc1. The van der Waals surface area contributed by atoms with Crippen molar-refractivity contribution in [3.63, 3.8) is 0 Å². The van der Waals surface area contributed by atoms with E-state index in [4.69, 9.17) is 0 Å². The van der Waals surface area contributed by atoms with Crippen molar-refractivity contribution in [3.8, 4) is 78.1 Å². The number of benzene rings is 18. The van der Waals surface area contributed by atoms with E-state index in [1.165, 1.54) is 86.9 Å². The first kappa shape index (κ1) is 60.6. The van der Waals surface area contributed by atoms with Gasteiger partial charge in [-0.15, -0.1) is 0 Å². The summed E-state index contributed by atoms with van der Waals surface area (Å²) >= 11 is 0. The summed E-state index contributed by atoms with van der Waals surface area (Å²) in [5.41, 5.74) is 30.7. The summed E-state index contributed by atoms with van der Waals surface area (Å²) in [6.45, 7) is -0.289. The first-order chi connectivity index (χ1) is 53.1. The molecule has 4 heterocycles. The quantitative estimate of drug-likeness (QED) is 0.100. The Labute approximate surface area is 620 Å². The molecule has 5 heteroatoms. The van der Waals surface area contributed by atoms with E-state index in [9.17, 15) is 0 Å². The molecule has 0 N–H and O–H groups in total. The van der Waals surface area contributed by atoms with E-state index in [0.29, 0.717) is 0 Å². The number of fused-ring (bicyclic) bond motifs is 13. The molecular formula is C102H65BN4. The van der Waals surface area contributed by atoms with Gasteiger partial charge in [0.25, 0.3) is 6.71 Å². The lowest BCUT2D eigenvalue weighted by Gasteiger charge is -2.46.